The van der Waals surface area contributed by atoms with E-state index in [2.05, 4.69) is 69.2 Å². The minimum atomic E-state index is -0.216. The number of hydrogen-bond acceptors (Lipinski definition) is 3. The molecule has 0 aliphatic heterocycles. The Morgan fingerprint density at radius 3 is 2.30 bits per heavy atom. The predicted octanol–water partition coefficient (Wildman–Crippen LogP) is 2.82. The summed E-state index contributed by atoms with van der Waals surface area (Å²) in [5, 5.41) is 13.1. The highest BCUT2D eigenvalue weighted by Crippen LogP contribution is 2.17. The fraction of sp³-hybridized carbons (Fsp3) is 0.647. The van der Waals surface area contributed by atoms with Gasteiger partial charge in [0.1, 0.15) is 0 Å². The quantitative estimate of drug-likeness (QED) is 0.767. The van der Waals surface area contributed by atoms with Gasteiger partial charge in [0, 0.05) is 30.9 Å². The van der Waals surface area contributed by atoms with Crippen molar-refractivity contribution in [2.45, 2.75) is 52.1 Å². The number of benzene rings is 1. The summed E-state index contributed by atoms with van der Waals surface area (Å²) in [6, 6.07) is 9.09. The van der Waals surface area contributed by atoms with Crippen LogP contribution in [0.3, 0.4) is 0 Å². The van der Waals surface area contributed by atoms with Crippen LogP contribution in [0.25, 0.3) is 0 Å². The first kappa shape index (κ1) is 17.0. The minimum absolute atomic E-state index is 0.161. The molecule has 1 unspecified atom stereocenters. The molecule has 1 rings (SSSR count). The average molecular weight is 278 g/mol. The first-order chi connectivity index (χ1) is 9.40. The number of hydrogen-bond donors (Lipinski definition) is 2. The van der Waals surface area contributed by atoms with Crippen molar-refractivity contribution in [3.05, 3.63) is 29.8 Å². The molecule has 0 heterocycles. The third-order valence-corrected chi connectivity index (χ3v) is 3.77. The molecule has 2 N–H and O–H groups in total. The smallest absolute Gasteiger partial charge is 0.0611 e. The molecule has 3 heteroatoms. The van der Waals surface area contributed by atoms with Crippen molar-refractivity contribution < 1.29 is 5.11 Å². The van der Waals surface area contributed by atoms with Crippen molar-refractivity contribution in [1.29, 1.82) is 0 Å². The summed E-state index contributed by atoms with van der Waals surface area (Å²) in [4.78, 5) is 2.25. The van der Waals surface area contributed by atoms with Crippen molar-refractivity contribution in [2.24, 2.45) is 0 Å². The molecule has 1 aromatic carbocycles. The van der Waals surface area contributed by atoms with E-state index in [4.69, 9.17) is 0 Å². The maximum atomic E-state index is 9.60. The lowest BCUT2D eigenvalue weighted by Crippen LogP contribution is -2.50. The van der Waals surface area contributed by atoms with E-state index in [9.17, 15) is 5.11 Å². The van der Waals surface area contributed by atoms with Crippen molar-refractivity contribution in [1.82, 2.24) is 5.32 Å². The van der Waals surface area contributed by atoms with Gasteiger partial charge in [-0.3, -0.25) is 0 Å². The van der Waals surface area contributed by atoms with Gasteiger partial charge in [0.05, 0.1) is 6.61 Å². The van der Waals surface area contributed by atoms with Crippen LogP contribution in [0.4, 0.5) is 5.69 Å². The van der Waals surface area contributed by atoms with Gasteiger partial charge in [-0.05, 0) is 37.5 Å². The highest BCUT2D eigenvalue weighted by atomic mass is 16.3. The fourth-order valence-corrected chi connectivity index (χ4v) is 2.42. The first-order valence-corrected chi connectivity index (χ1v) is 7.59. The van der Waals surface area contributed by atoms with E-state index in [0.29, 0.717) is 6.04 Å². The third kappa shape index (κ3) is 5.14. The number of aliphatic hydroxyl groups is 1. The number of nitrogens with one attached hydrogen (secondary N) is 1. The lowest BCUT2D eigenvalue weighted by molar-refractivity contribution is 0.158. The Labute approximate surface area is 124 Å². The molecular formula is C17H30N2O. The second-order valence-corrected chi connectivity index (χ2v) is 6.21. The predicted molar refractivity (Wildman–Crippen MR) is 87.5 cm³/mol. The molecule has 0 saturated carbocycles. The molecule has 0 spiro atoms. The monoisotopic (exact) mass is 278 g/mol. The summed E-state index contributed by atoms with van der Waals surface area (Å²) in [5.41, 5.74) is 2.38. The average Bonchev–Trinajstić information content (AvgIpc) is 2.44. The van der Waals surface area contributed by atoms with Crippen molar-refractivity contribution in [2.75, 3.05) is 25.1 Å². The van der Waals surface area contributed by atoms with Crippen LogP contribution in [-0.2, 0) is 6.42 Å². The van der Waals surface area contributed by atoms with Crippen LogP contribution in [0.15, 0.2) is 24.3 Å². The molecule has 0 bridgehead atoms. The zero-order valence-corrected chi connectivity index (χ0v) is 13.6. The topological polar surface area (TPSA) is 35.5 Å². The van der Waals surface area contributed by atoms with Crippen molar-refractivity contribution in [3.8, 4) is 0 Å². The first-order valence-electron chi connectivity index (χ1n) is 7.59. The second kappa shape index (κ2) is 7.65. The number of anilines is 1. The van der Waals surface area contributed by atoms with Gasteiger partial charge in [-0.15, -0.1) is 0 Å². The van der Waals surface area contributed by atoms with E-state index in [-0.39, 0.29) is 12.1 Å². The molecular weight excluding hydrogens is 248 g/mol. The highest BCUT2D eigenvalue weighted by Gasteiger charge is 2.24. The summed E-state index contributed by atoms with van der Waals surface area (Å²) >= 11 is 0. The molecule has 0 saturated heterocycles. The summed E-state index contributed by atoms with van der Waals surface area (Å²) in [6.07, 6.45) is 1.98. The third-order valence-electron chi connectivity index (χ3n) is 3.77. The Morgan fingerprint density at radius 2 is 1.85 bits per heavy atom. The molecule has 0 aliphatic carbocycles. The van der Waals surface area contributed by atoms with Gasteiger partial charge in [0.15, 0.2) is 0 Å². The van der Waals surface area contributed by atoms with Crippen LogP contribution in [0, 0.1) is 0 Å². The molecule has 20 heavy (non-hydrogen) atoms. The number of nitrogens with zero attached hydrogens (tertiary/aromatic N) is 1. The van der Waals surface area contributed by atoms with Gasteiger partial charge in [-0.2, -0.15) is 0 Å². The Bertz CT molecular complexity index is 388. The summed E-state index contributed by atoms with van der Waals surface area (Å²) < 4.78 is 0. The van der Waals surface area contributed by atoms with Crippen LogP contribution in [0.2, 0.25) is 0 Å². The molecule has 1 atom stereocenters. The van der Waals surface area contributed by atoms with Crippen LogP contribution >= 0.6 is 0 Å². The molecule has 1 aromatic rings. The molecule has 114 valence electrons. The molecule has 0 fully saturated rings. The second-order valence-electron chi connectivity index (χ2n) is 6.21. The maximum absolute atomic E-state index is 9.60. The van der Waals surface area contributed by atoms with Gasteiger partial charge in [-0.1, -0.05) is 32.9 Å². The lowest BCUT2D eigenvalue weighted by Gasteiger charge is -2.33. The van der Waals surface area contributed by atoms with Gasteiger partial charge in [-0.25, -0.2) is 0 Å². The Morgan fingerprint density at radius 1 is 1.25 bits per heavy atom. The fourth-order valence-electron chi connectivity index (χ4n) is 2.42. The lowest BCUT2D eigenvalue weighted by atomic mass is 9.97. The van der Waals surface area contributed by atoms with Crippen LogP contribution in [0.1, 0.15) is 39.7 Å². The normalized spacial score (nSPS) is 14.3. The summed E-state index contributed by atoms with van der Waals surface area (Å²) in [7, 11) is 2.11. The number of aryl methyl sites for hydroxylation is 1. The van der Waals surface area contributed by atoms with Gasteiger partial charge < -0.3 is 15.3 Å². The summed E-state index contributed by atoms with van der Waals surface area (Å²) in [5.74, 6) is 0. The Hall–Kier alpha value is -1.06. The van der Waals surface area contributed by atoms with E-state index in [1.807, 2.05) is 0 Å². The van der Waals surface area contributed by atoms with Crippen molar-refractivity contribution >= 4 is 5.69 Å². The zero-order chi connectivity index (χ0) is 15.2. The van der Waals surface area contributed by atoms with Gasteiger partial charge >= 0.3 is 0 Å². The molecule has 0 aliphatic rings. The van der Waals surface area contributed by atoms with E-state index < -0.39 is 0 Å². The molecule has 3 nitrogen and oxygen atoms in total. The van der Waals surface area contributed by atoms with Gasteiger partial charge in [0.2, 0.25) is 0 Å². The summed E-state index contributed by atoms with van der Waals surface area (Å²) in [6.45, 7) is 9.56. The standard InChI is InChI=1S/C17H30N2O/c1-6-15-7-9-16(10-8-15)19(5)12-11-17(4,13-20)18-14(2)3/h7-10,14,18,20H,6,11-13H2,1-5H3. The van der Waals surface area contributed by atoms with E-state index in [0.717, 1.165) is 19.4 Å². The zero-order valence-electron chi connectivity index (χ0n) is 13.6. The SMILES string of the molecule is CCc1ccc(N(C)CCC(C)(CO)NC(C)C)cc1. The maximum Gasteiger partial charge on any atom is 0.0611 e. The van der Waals surface area contributed by atoms with E-state index >= 15 is 0 Å². The highest BCUT2D eigenvalue weighted by molar-refractivity contribution is 5.46. The van der Waals surface area contributed by atoms with Gasteiger partial charge in [0.25, 0.3) is 0 Å². The van der Waals surface area contributed by atoms with Crippen LogP contribution in [0.5, 0.6) is 0 Å². The van der Waals surface area contributed by atoms with Crippen LogP contribution in [-0.4, -0.2) is 36.9 Å². The number of rotatable bonds is 8. The Balaban J connectivity index is 2.58. The van der Waals surface area contributed by atoms with Crippen LogP contribution < -0.4 is 10.2 Å². The molecule has 0 amide bonds. The van der Waals surface area contributed by atoms with E-state index in [1.54, 1.807) is 0 Å². The van der Waals surface area contributed by atoms with Crippen molar-refractivity contribution in [3.63, 3.8) is 0 Å². The largest absolute Gasteiger partial charge is 0.394 e. The molecule has 0 radical (unpaired) electrons. The Kier molecular flexibility index (Phi) is 6.50. The number of aliphatic hydroxyl groups excluding tert-OH is 1. The molecule has 0 aromatic heterocycles. The minimum Gasteiger partial charge on any atom is -0.394 e. The van der Waals surface area contributed by atoms with E-state index in [1.165, 1.54) is 11.3 Å².